The fourth-order valence-electron chi connectivity index (χ4n) is 3.88. The molecule has 0 bridgehead atoms. The van der Waals surface area contributed by atoms with E-state index in [-0.39, 0.29) is 11.8 Å². The number of nitrogens with one attached hydrogen (secondary N) is 3. The average molecular weight is 460 g/mol. The van der Waals surface area contributed by atoms with Crippen molar-refractivity contribution in [2.75, 3.05) is 40.3 Å². The number of amides is 2. The standard InChI is InChI=1S/C24H50N4O2S/c1-5-7-15-22(14-6-2)25-18-10-8-9-11-19-26-23(29)16-12-20-28(3,4)21-13-17-24(30)27-31/h22,25H,5-21H2,1-4H3,(H2-,26,27,29,30,31)/p+1. The molecule has 2 amide bonds. The van der Waals surface area contributed by atoms with Gasteiger partial charge in [0.1, 0.15) is 0 Å². The summed E-state index contributed by atoms with van der Waals surface area (Å²) in [6.45, 7) is 8.31. The molecule has 0 heterocycles. The predicted octanol–water partition coefficient (Wildman–Crippen LogP) is 4.21. The number of rotatable bonds is 21. The maximum atomic E-state index is 12.0. The molecule has 0 saturated carbocycles. The highest BCUT2D eigenvalue weighted by Crippen LogP contribution is 2.08. The van der Waals surface area contributed by atoms with Gasteiger partial charge in [0.2, 0.25) is 11.8 Å². The lowest BCUT2D eigenvalue weighted by Gasteiger charge is -2.29. The Balaban J connectivity index is 3.64. The van der Waals surface area contributed by atoms with Crippen LogP contribution in [0.15, 0.2) is 0 Å². The van der Waals surface area contributed by atoms with Crippen molar-refractivity contribution in [2.24, 2.45) is 0 Å². The summed E-state index contributed by atoms with van der Waals surface area (Å²) in [6, 6.07) is 0.695. The first kappa shape index (κ1) is 30.2. The molecule has 0 rings (SSSR count). The summed E-state index contributed by atoms with van der Waals surface area (Å²) in [4.78, 5) is 23.3. The molecular weight excluding hydrogens is 408 g/mol. The Kier molecular flexibility index (Phi) is 19.4. The van der Waals surface area contributed by atoms with Crippen LogP contribution < -0.4 is 15.4 Å². The fourth-order valence-corrected chi connectivity index (χ4v) is 3.99. The van der Waals surface area contributed by atoms with E-state index in [9.17, 15) is 9.59 Å². The number of nitrogens with zero attached hydrogens (tertiary/aromatic N) is 1. The van der Waals surface area contributed by atoms with Crippen molar-refractivity contribution in [1.29, 1.82) is 0 Å². The van der Waals surface area contributed by atoms with Crippen molar-refractivity contribution in [1.82, 2.24) is 15.4 Å². The summed E-state index contributed by atoms with van der Waals surface area (Å²) in [5.74, 6) is 0.126. The van der Waals surface area contributed by atoms with Gasteiger partial charge in [-0.3, -0.25) is 9.59 Å². The van der Waals surface area contributed by atoms with Crippen LogP contribution in [0.3, 0.4) is 0 Å². The maximum Gasteiger partial charge on any atom is 0.229 e. The molecule has 0 radical (unpaired) electrons. The Labute approximate surface area is 197 Å². The lowest BCUT2D eigenvalue weighted by molar-refractivity contribution is -0.890. The topological polar surface area (TPSA) is 70.2 Å². The monoisotopic (exact) mass is 459 g/mol. The molecule has 3 N–H and O–H groups in total. The van der Waals surface area contributed by atoms with Gasteiger partial charge in [-0.15, -0.1) is 0 Å². The first-order valence-corrected chi connectivity index (χ1v) is 13.0. The molecule has 0 fully saturated rings. The van der Waals surface area contributed by atoms with Crippen LogP contribution in [-0.4, -0.2) is 62.6 Å². The van der Waals surface area contributed by atoms with Crippen LogP contribution in [0.5, 0.6) is 0 Å². The van der Waals surface area contributed by atoms with Gasteiger partial charge in [0, 0.05) is 38.3 Å². The predicted molar refractivity (Wildman–Crippen MR) is 135 cm³/mol. The molecule has 0 aromatic heterocycles. The lowest BCUT2D eigenvalue weighted by atomic mass is 10.0. The summed E-state index contributed by atoms with van der Waals surface area (Å²) in [6.07, 6.45) is 13.9. The number of carbonyl (C=O) groups excluding carboxylic acids is 2. The van der Waals surface area contributed by atoms with Gasteiger partial charge in [-0.25, -0.2) is 0 Å². The zero-order valence-electron chi connectivity index (χ0n) is 20.8. The summed E-state index contributed by atoms with van der Waals surface area (Å²) in [5, 5.41) is 6.79. The van der Waals surface area contributed by atoms with Crippen LogP contribution >= 0.6 is 12.8 Å². The molecule has 0 aromatic rings. The van der Waals surface area contributed by atoms with Gasteiger partial charge in [0.05, 0.1) is 27.2 Å². The Morgan fingerprint density at radius 2 is 1.39 bits per heavy atom. The van der Waals surface area contributed by atoms with E-state index >= 15 is 0 Å². The molecule has 1 unspecified atom stereocenters. The van der Waals surface area contributed by atoms with E-state index in [0.717, 1.165) is 49.9 Å². The van der Waals surface area contributed by atoms with Crippen molar-refractivity contribution in [3.8, 4) is 0 Å². The highest BCUT2D eigenvalue weighted by atomic mass is 32.1. The Morgan fingerprint density at radius 1 is 0.774 bits per heavy atom. The van der Waals surface area contributed by atoms with E-state index in [1.54, 1.807) is 0 Å². The number of hydrogen-bond acceptors (Lipinski definition) is 4. The third kappa shape index (κ3) is 19.6. The highest BCUT2D eigenvalue weighted by Gasteiger charge is 2.16. The summed E-state index contributed by atoms with van der Waals surface area (Å²) in [7, 11) is 4.30. The molecule has 31 heavy (non-hydrogen) atoms. The molecule has 0 spiro atoms. The molecule has 0 aliphatic carbocycles. The molecule has 0 aliphatic rings. The molecule has 1 atom stereocenters. The van der Waals surface area contributed by atoms with Crippen LogP contribution in [0.2, 0.25) is 0 Å². The van der Waals surface area contributed by atoms with E-state index in [4.69, 9.17) is 0 Å². The minimum Gasteiger partial charge on any atom is -0.356 e. The van der Waals surface area contributed by atoms with Gasteiger partial charge >= 0.3 is 0 Å². The molecule has 6 nitrogen and oxygen atoms in total. The third-order valence-corrected chi connectivity index (χ3v) is 6.11. The average Bonchev–Trinajstić information content (AvgIpc) is 2.73. The van der Waals surface area contributed by atoms with Crippen LogP contribution in [0, 0.1) is 0 Å². The number of carbonyl (C=O) groups is 2. The SMILES string of the molecule is CCCCC(CCC)NCCCCCCNC(=O)CCC[N+](C)(C)CCCC(=O)NS. The summed E-state index contributed by atoms with van der Waals surface area (Å²) < 4.78 is 3.19. The number of quaternary nitrogens is 1. The molecular formula is C24H51N4O2S+. The van der Waals surface area contributed by atoms with Gasteiger partial charge in [-0.1, -0.05) is 58.8 Å². The van der Waals surface area contributed by atoms with Crippen molar-refractivity contribution in [2.45, 2.75) is 103 Å². The van der Waals surface area contributed by atoms with Gasteiger partial charge in [-0.2, -0.15) is 0 Å². The molecule has 0 aromatic carbocycles. The first-order valence-electron chi connectivity index (χ1n) is 12.6. The third-order valence-electron chi connectivity index (χ3n) is 5.86. The van der Waals surface area contributed by atoms with Crippen LogP contribution in [-0.2, 0) is 9.59 Å². The van der Waals surface area contributed by atoms with E-state index in [1.165, 1.54) is 51.4 Å². The number of hydrogen-bond donors (Lipinski definition) is 4. The largest absolute Gasteiger partial charge is 0.356 e. The van der Waals surface area contributed by atoms with Crippen LogP contribution in [0.1, 0.15) is 97.3 Å². The molecule has 0 aliphatic heterocycles. The van der Waals surface area contributed by atoms with E-state index in [0.29, 0.717) is 18.9 Å². The van der Waals surface area contributed by atoms with Crippen molar-refractivity contribution >= 4 is 24.6 Å². The van der Waals surface area contributed by atoms with Crippen molar-refractivity contribution in [3.05, 3.63) is 0 Å². The normalized spacial score (nSPS) is 12.5. The fraction of sp³-hybridized carbons (Fsp3) is 0.917. The first-order chi connectivity index (χ1) is 14.8. The zero-order valence-corrected chi connectivity index (χ0v) is 21.7. The van der Waals surface area contributed by atoms with E-state index in [2.05, 4.69) is 56.1 Å². The second kappa shape index (κ2) is 19.9. The van der Waals surface area contributed by atoms with E-state index in [1.807, 2.05) is 0 Å². The molecule has 0 saturated heterocycles. The maximum absolute atomic E-state index is 12.0. The summed E-state index contributed by atoms with van der Waals surface area (Å²) in [5.41, 5.74) is 0. The minimum atomic E-state index is -0.0355. The second-order valence-corrected chi connectivity index (χ2v) is 9.69. The lowest BCUT2D eigenvalue weighted by Crippen LogP contribution is -2.42. The second-order valence-electron chi connectivity index (χ2n) is 9.47. The number of unbranched alkanes of at least 4 members (excludes halogenated alkanes) is 4. The Bertz CT molecular complexity index is 461. The molecule has 7 heteroatoms. The van der Waals surface area contributed by atoms with E-state index < -0.39 is 0 Å². The number of thiol groups is 1. The van der Waals surface area contributed by atoms with Crippen LogP contribution in [0.25, 0.3) is 0 Å². The van der Waals surface area contributed by atoms with Crippen molar-refractivity contribution < 1.29 is 14.1 Å². The van der Waals surface area contributed by atoms with Crippen molar-refractivity contribution in [3.63, 3.8) is 0 Å². The molecule has 184 valence electrons. The quantitative estimate of drug-likeness (QED) is 0.118. The Hall–Kier alpha value is -0.790. The summed E-state index contributed by atoms with van der Waals surface area (Å²) >= 11 is 3.77. The van der Waals surface area contributed by atoms with Gasteiger partial charge in [0.15, 0.2) is 0 Å². The zero-order chi connectivity index (χ0) is 23.4. The highest BCUT2D eigenvalue weighted by molar-refractivity contribution is 7.78. The smallest absolute Gasteiger partial charge is 0.229 e. The van der Waals surface area contributed by atoms with Gasteiger partial charge in [0.25, 0.3) is 0 Å². The Morgan fingerprint density at radius 3 is 1.97 bits per heavy atom. The minimum absolute atomic E-state index is 0.0355. The van der Waals surface area contributed by atoms with Gasteiger partial charge in [-0.05, 0) is 32.2 Å². The van der Waals surface area contributed by atoms with Gasteiger partial charge < -0.3 is 19.8 Å². The van der Waals surface area contributed by atoms with Crippen LogP contribution in [0.4, 0.5) is 0 Å².